The molecule has 0 radical (unpaired) electrons. The molecule has 0 aliphatic heterocycles. The van der Waals surface area contributed by atoms with E-state index in [-0.39, 0.29) is 0 Å². The van der Waals surface area contributed by atoms with Crippen molar-refractivity contribution in [3.63, 3.8) is 0 Å². The van der Waals surface area contributed by atoms with Crippen LogP contribution in [0.1, 0.15) is 51.5 Å². The molecule has 98 valence electrons. The first-order valence-corrected chi connectivity index (χ1v) is 6.94. The second-order valence-corrected chi connectivity index (χ2v) is 4.99. The zero-order valence-electron chi connectivity index (χ0n) is 11.6. The van der Waals surface area contributed by atoms with Gasteiger partial charge in [0.05, 0.1) is 12.7 Å². The third-order valence-corrected chi connectivity index (χ3v) is 3.09. The van der Waals surface area contributed by atoms with Crippen molar-refractivity contribution in [3.8, 4) is 0 Å². The van der Waals surface area contributed by atoms with Crippen LogP contribution in [0.3, 0.4) is 0 Å². The number of aromatic nitrogens is 2. The van der Waals surface area contributed by atoms with Gasteiger partial charge in [-0.15, -0.1) is 0 Å². The lowest BCUT2D eigenvalue weighted by molar-refractivity contribution is 0.457. The molecule has 0 aromatic carbocycles. The van der Waals surface area contributed by atoms with Crippen LogP contribution in [-0.2, 0) is 6.54 Å². The van der Waals surface area contributed by atoms with Crippen molar-refractivity contribution in [3.05, 3.63) is 18.0 Å². The Labute approximate surface area is 106 Å². The van der Waals surface area contributed by atoms with Gasteiger partial charge in [0, 0.05) is 18.8 Å². The monoisotopic (exact) mass is 237 g/mol. The van der Waals surface area contributed by atoms with Crippen LogP contribution in [-0.4, -0.2) is 22.4 Å². The van der Waals surface area contributed by atoms with E-state index in [1.54, 1.807) is 0 Å². The van der Waals surface area contributed by atoms with E-state index in [0.29, 0.717) is 6.04 Å². The van der Waals surface area contributed by atoms with Crippen LogP contribution >= 0.6 is 0 Å². The smallest absolute Gasteiger partial charge is 0.0534 e. The molecular formula is C14H27N3. The highest BCUT2D eigenvalue weighted by atomic mass is 15.3. The summed E-state index contributed by atoms with van der Waals surface area (Å²) in [5, 5.41) is 7.83. The van der Waals surface area contributed by atoms with Crippen molar-refractivity contribution in [2.24, 2.45) is 0 Å². The second kappa shape index (κ2) is 8.29. The molecule has 0 spiro atoms. The number of aryl methyl sites for hydroxylation is 1. The Morgan fingerprint density at radius 1 is 1.35 bits per heavy atom. The van der Waals surface area contributed by atoms with Gasteiger partial charge >= 0.3 is 0 Å². The summed E-state index contributed by atoms with van der Waals surface area (Å²) in [6.07, 6.45) is 10.7. The maximum Gasteiger partial charge on any atom is 0.0534 e. The molecule has 3 nitrogen and oxygen atoms in total. The third kappa shape index (κ3) is 6.47. The molecule has 1 aromatic rings. The minimum absolute atomic E-state index is 0.628. The molecule has 0 fully saturated rings. The molecule has 1 unspecified atom stereocenters. The quantitative estimate of drug-likeness (QED) is 0.669. The van der Waals surface area contributed by atoms with E-state index < -0.39 is 0 Å². The Morgan fingerprint density at radius 3 is 2.82 bits per heavy atom. The van der Waals surface area contributed by atoms with Gasteiger partial charge in [-0.2, -0.15) is 5.10 Å². The Kier molecular flexibility index (Phi) is 6.94. The van der Waals surface area contributed by atoms with Crippen LogP contribution in [0.15, 0.2) is 12.4 Å². The normalized spacial score (nSPS) is 12.9. The third-order valence-electron chi connectivity index (χ3n) is 3.09. The maximum atomic E-state index is 4.28. The first-order chi connectivity index (χ1) is 8.22. The minimum atomic E-state index is 0.628. The molecule has 1 rings (SSSR count). The highest BCUT2D eigenvalue weighted by Gasteiger charge is 2.01. The number of rotatable bonds is 9. The summed E-state index contributed by atoms with van der Waals surface area (Å²) >= 11 is 0. The van der Waals surface area contributed by atoms with Crippen molar-refractivity contribution in [1.29, 1.82) is 0 Å². The number of unbranched alkanes of at least 4 members (excludes halogenated alkanes) is 3. The minimum Gasteiger partial charge on any atom is -0.312 e. The molecule has 0 bridgehead atoms. The standard InChI is InChI=1S/C14H27N3/c1-4-5-6-7-8-14(3)15-9-10-17-12-13(2)11-16-17/h11-12,14-15H,4-10H2,1-3H3. The average Bonchev–Trinajstić information content (AvgIpc) is 2.71. The predicted molar refractivity (Wildman–Crippen MR) is 73.2 cm³/mol. The SMILES string of the molecule is CCCCCCC(C)NCCn1cc(C)cn1. The van der Waals surface area contributed by atoms with Crippen molar-refractivity contribution < 1.29 is 0 Å². The van der Waals surface area contributed by atoms with Gasteiger partial charge in [0.25, 0.3) is 0 Å². The Hall–Kier alpha value is -0.830. The van der Waals surface area contributed by atoms with Crippen LogP contribution in [0.2, 0.25) is 0 Å². The summed E-state index contributed by atoms with van der Waals surface area (Å²) in [4.78, 5) is 0. The van der Waals surface area contributed by atoms with E-state index in [9.17, 15) is 0 Å². The molecule has 0 aliphatic rings. The second-order valence-electron chi connectivity index (χ2n) is 4.99. The topological polar surface area (TPSA) is 29.9 Å². The van der Waals surface area contributed by atoms with Gasteiger partial charge in [0.2, 0.25) is 0 Å². The van der Waals surface area contributed by atoms with Gasteiger partial charge in [-0.1, -0.05) is 32.6 Å². The van der Waals surface area contributed by atoms with Crippen molar-refractivity contribution >= 4 is 0 Å². The van der Waals surface area contributed by atoms with E-state index in [2.05, 4.69) is 37.4 Å². The van der Waals surface area contributed by atoms with E-state index in [1.807, 2.05) is 10.9 Å². The molecule has 1 atom stereocenters. The largest absolute Gasteiger partial charge is 0.312 e. The van der Waals surface area contributed by atoms with E-state index in [1.165, 1.54) is 37.7 Å². The van der Waals surface area contributed by atoms with Crippen LogP contribution in [0.4, 0.5) is 0 Å². The van der Waals surface area contributed by atoms with Crippen LogP contribution in [0.25, 0.3) is 0 Å². The first-order valence-electron chi connectivity index (χ1n) is 6.94. The molecule has 3 heteroatoms. The zero-order chi connectivity index (χ0) is 12.5. The summed E-state index contributed by atoms with van der Waals surface area (Å²) in [6, 6.07) is 0.628. The van der Waals surface area contributed by atoms with E-state index >= 15 is 0 Å². The van der Waals surface area contributed by atoms with E-state index in [4.69, 9.17) is 0 Å². The lowest BCUT2D eigenvalue weighted by atomic mass is 10.1. The highest BCUT2D eigenvalue weighted by Crippen LogP contribution is 2.05. The molecule has 0 saturated carbocycles. The fourth-order valence-electron chi connectivity index (χ4n) is 1.99. The van der Waals surface area contributed by atoms with E-state index in [0.717, 1.165) is 13.1 Å². The van der Waals surface area contributed by atoms with Crippen LogP contribution < -0.4 is 5.32 Å². The summed E-state index contributed by atoms with van der Waals surface area (Å²) < 4.78 is 2.01. The lowest BCUT2D eigenvalue weighted by Gasteiger charge is -2.13. The zero-order valence-corrected chi connectivity index (χ0v) is 11.6. The average molecular weight is 237 g/mol. The molecular weight excluding hydrogens is 210 g/mol. The first kappa shape index (κ1) is 14.2. The fourth-order valence-corrected chi connectivity index (χ4v) is 1.99. The van der Waals surface area contributed by atoms with Gasteiger partial charge in [-0.25, -0.2) is 0 Å². The van der Waals surface area contributed by atoms with Gasteiger partial charge < -0.3 is 5.32 Å². The summed E-state index contributed by atoms with van der Waals surface area (Å²) in [5.41, 5.74) is 1.23. The van der Waals surface area contributed by atoms with Crippen molar-refractivity contribution in [2.45, 2.75) is 65.5 Å². The molecule has 0 amide bonds. The van der Waals surface area contributed by atoms with Crippen molar-refractivity contribution in [1.82, 2.24) is 15.1 Å². The summed E-state index contributed by atoms with van der Waals surface area (Å²) in [7, 11) is 0. The predicted octanol–water partition coefficient (Wildman–Crippen LogP) is 3.14. The summed E-state index contributed by atoms with van der Waals surface area (Å²) in [5.74, 6) is 0. The Balaban J connectivity index is 2.02. The lowest BCUT2D eigenvalue weighted by Crippen LogP contribution is -2.29. The van der Waals surface area contributed by atoms with Crippen LogP contribution in [0.5, 0.6) is 0 Å². The molecule has 1 aromatic heterocycles. The molecule has 0 aliphatic carbocycles. The van der Waals surface area contributed by atoms with Crippen molar-refractivity contribution in [2.75, 3.05) is 6.54 Å². The highest BCUT2D eigenvalue weighted by molar-refractivity contribution is 4.99. The van der Waals surface area contributed by atoms with Gasteiger partial charge in [-0.3, -0.25) is 4.68 Å². The number of nitrogens with zero attached hydrogens (tertiary/aromatic N) is 2. The molecule has 17 heavy (non-hydrogen) atoms. The van der Waals surface area contributed by atoms with Gasteiger partial charge in [-0.05, 0) is 25.8 Å². The number of hydrogen-bond acceptors (Lipinski definition) is 2. The number of hydrogen-bond donors (Lipinski definition) is 1. The van der Waals surface area contributed by atoms with Gasteiger partial charge in [0.1, 0.15) is 0 Å². The van der Waals surface area contributed by atoms with Gasteiger partial charge in [0.15, 0.2) is 0 Å². The fraction of sp³-hybridized carbons (Fsp3) is 0.786. The maximum absolute atomic E-state index is 4.28. The Morgan fingerprint density at radius 2 is 2.18 bits per heavy atom. The Bertz CT molecular complexity index is 293. The molecule has 1 N–H and O–H groups in total. The summed E-state index contributed by atoms with van der Waals surface area (Å²) in [6.45, 7) is 8.59. The molecule has 0 saturated heterocycles. The number of nitrogens with one attached hydrogen (secondary N) is 1. The molecule has 1 heterocycles. The van der Waals surface area contributed by atoms with Crippen LogP contribution in [0, 0.1) is 6.92 Å².